The number of pyridine rings is 2. The van der Waals surface area contributed by atoms with Crippen molar-refractivity contribution in [1.82, 2.24) is 15.0 Å². The molecule has 1 unspecified atom stereocenters. The van der Waals surface area contributed by atoms with Crippen LogP contribution in [0.5, 0.6) is 0 Å². The number of rotatable bonds is 5. The molecule has 190 valence electrons. The molecule has 2 N–H and O–H groups in total. The maximum Gasteiger partial charge on any atom is 0.274 e. The highest BCUT2D eigenvalue weighted by Crippen LogP contribution is 2.35. The molecule has 0 saturated carbocycles. The van der Waals surface area contributed by atoms with Crippen LogP contribution in [0, 0.1) is 0 Å². The highest BCUT2D eigenvalue weighted by molar-refractivity contribution is 7.22. The lowest BCUT2D eigenvalue weighted by Crippen LogP contribution is -2.37. The zero-order valence-corrected chi connectivity index (χ0v) is 20.7. The summed E-state index contributed by atoms with van der Waals surface area (Å²) in [7, 11) is 0. The lowest BCUT2D eigenvalue weighted by Gasteiger charge is -2.29. The van der Waals surface area contributed by atoms with E-state index in [9.17, 15) is 9.90 Å². The molecule has 3 aromatic rings. The van der Waals surface area contributed by atoms with Crippen molar-refractivity contribution < 1.29 is 19.4 Å². The molecule has 0 spiro atoms. The van der Waals surface area contributed by atoms with Crippen LogP contribution in [0.15, 0.2) is 24.3 Å². The summed E-state index contributed by atoms with van der Waals surface area (Å²) in [6.07, 6.45) is 0.341. The second kappa shape index (κ2) is 10.1. The van der Waals surface area contributed by atoms with E-state index in [1.807, 2.05) is 23.1 Å². The molecule has 6 heterocycles. The van der Waals surface area contributed by atoms with Crippen LogP contribution in [0.1, 0.15) is 16.9 Å². The van der Waals surface area contributed by atoms with Gasteiger partial charge in [-0.1, -0.05) is 17.4 Å². The molecule has 11 nitrogen and oxygen atoms in total. The predicted molar refractivity (Wildman–Crippen MR) is 139 cm³/mol. The Kier molecular flexibility index (Phi) is 6.57. The zero-order chi connectivity index (χ0) is 24.5. The molecule has 0 aliphatic carbocycles. The normalized spacial score (nSPS) is 20.8. The highest BCUT2D eigenvalue weighted by Gasteiger charge is 2.24. The van der Waals surface area contributed by atoms with E-state index in [2.05, 4.69) is 20.1 Å². The Morgan fingerprint density at radius 1 is 0.972 bits per heavy atom. The second-order valence-electron chi connectivity index (χ2n) is 9.10. The molecule has 0 radical (unpaired) electrons. The maximum absolute atomic E-state index is 13.3. The van der Waals surface area contributed by atoms with Crippen LogP contribution in [-0.2, 0) is 9.47 Å². The molecule has 6 rings (SSSR count). The molecule has 3 aliphatic heterocycles. The Balaban J connectivity index is 1.30. The first-order valence-electron chi connectivity index (χ1n) is 12.3. The second-order valence-corrected chi connectivity index (χ2v) is 10.1. The molecular formula is C24H29N7O4S. The van der Waals surface area contributed by atoms with E-state index in [-0.39, 0.29) is 12.0 Å². The molecule has 36 heavy (non-hydrogen) atoms. The van der Waals surface area contributed by atoms with Crippen LogP contribution >= 0.6 is 11.3 Å². The predicted octanol–water partition coefficient (Wildman–Crippen LogP) is 1.58. The van der Waals surface area contributed by atoms with Gasteiger partial charge in [0.05, 0.1) is 42.9 Å². The van der Waals surface area contributed by atoms with Gasteiger partial charge in [0.25, 0.3) is 5.91 Å². The molecule has 3 aromatic heterocycles. The number of ether oxygens (including phenoxy) is 2. The fraction of sp³-hybridized carbons (Fsp3) is 0.500. The Labute approximate surface area is 212 Å². The van der Waals surface area contributed by atoms with Gasteiger partial charge >= 0.3 is 0 Å². The average Bonchev–Trinajstić information content (AvgIpc) is 3.55. The number of thiazole rings is 1. The number of aliphatic hydroxyl groups excluding tert-OH is 1. The fourth-order valence-corrected chi connectivity index (χ4v) is 5.70. The highest BCUT2D eigenvalue weighted by atomic mass is 32.1. The lowest BCUT2D eigenvalue weighted by atomic mass is 10.2. The standard InChI is InChI=1S/C24H29N7O4S/c32-16-4-5-31(15-16)20-3-1-2-17(25-20)23(33)26-18-14-19-21(27-22(18)29-6-10-34-11-7-29)28-24(36-19)30-8-12-35-13-9-30/h1-3,14,16,32H,4-13,15H2,(H,26,33). The van der Waals surface area contributed by atoms with Gasteiger partial charge in [-0.2, -0.15) is 4.98 Å². The van der Waals surface area contributed by atoms with Crippen LogP contribution in [0.2, 0.25) is 0 Å². The third kappa shape index (κ3) is 4.81. The number of β-amino-alcohol motifs (C(OH)–C–C–N with tert-alkyl or cyclic N) is 1. The minimum absolute atomic E-state index is 0.301. The number of nitrogens with one attached hydrogen (secondary N) is 1. The summed E-state index contributed by atoms with van der Waals surface area (Å²) in [4.78, 5) is 33.9. The monoisotopic (exact) mass is 511 g/mol. The lowest BCUT2D eigenvalue weighted by molar-refractivity contribution is 0.102. The summed E-state index contributed by atoms with van der Waals surface area (Å²) < 4.78 is 11.9. The zero-order valence-electron chi connectivity index (χ0n) is 19.9. The SMILES string of the molecule is O=C(Nc1cc2sc(N3CCOCC3)nc2nc1N1CCOCC1)c1cccc(N2CCC(O)C2)n1. The Morgan fingerprint density at radius 2 is 1.72 bits per heavy atom. The Morgan fingerprint density at radius 3 is 2.44 bits per heavy atom. The summed E-state index contributed by atoms with van der Waals surface area (Å²) >= 11 is 1.57. The summed E-state index contributed by atoms with van der Waals surface area (Å²) in [5.41, 5.74) is 1.63. The van der Waals surface area contributed by atoms with Gasteiger partial charge in [0.1, 0.15) is 11.5 Å². The van der Waals surface area contributed by atoms with E-state index in [0.717, 1.165) is 29.5 Å². The average molecular weight is 512 g/mol. The molecule has 12 heteroatoms. The van der Waals surface area contributed by atoms with Gasteiger partial charge in [-0.05, 0) is 24.6 Å². The molecule has 1 atom stereocenters. The van der Waals surface area contributed by atoms with Gasteiger partial charge in [-0.15, -0.1) is 0 Å². The van der Waals surface area contributed by atoms with Gasteiger partial charge in [0.2, 0.25) is 0 Å². The first-order chi connectivity index (χ1) is 17.6. The number of carbonyl (C=O) groups excluding carboxylic acids is 1. The van der Waals surface area contributed by atoms with Crippen molar-refractivity contribution in [1.29, 1.82) is 0 Å². The van der Waals surface area contributed by atoms with E-state index in [4.69, 9.17) is 19.4 Å². The third-order valence-corrected chi connectivity index (χ3v) is 7.70. The molecule has 1 amide bonds. The molecule has 0 bridgehead atoms. The number of hydrogen-bond donors (Lipinski definition) is 2. The van der Waals surface area contributed by atoms with Crippen LogP contribution in [-0.4, -0.2) is 97.8 Å². The number of aliphatic hydroxyl groups is 1. The maximum atomic E-state index is 13.3. The first kappa shape index (κ1) is 23.3. The van der Waals surface area contributed by atoms with E-state index in [0.29, 0.717) is 81.1 Å². The van der Waals surface area contributed by atoms with Gasteiger partial charge in [-0.3, -0.25) is 4.79 Å². The van der Waals surface area contributed by atoms with E-state index >= 15 is 0 Å². The van der Waals surface area contributed by atoms with E-state index in [1.165, 1.54) is 0 Å². The number of fused-ring (bicyclic) bond motifs is 1. The number of hydrogen-bond acceptors (Lipinski definition) is 11. The van der Waals surface area contributed by atoms with E-state index in [1.54, 1.807) is 17.4 Å². The van der Waals surface area contributed by atoms with Crippen molar-refractivity contribution in [3.05, 3.63) is 30.0 Å². The molecule has 3 fully saturated rings. The number of nitrogens with zero attached hydrogens (tertiary/aromatic N) is 6. The summed E-state index contributed by atoms with van der Waals surface area (Å²) in [6, 6.07) is 7.36. The van der Waals surface area contributed by atoms with Crippen molar-refractivity contribution in [3.63, 3.8) is 0 Å². The largest absolute Gasteiger partial charge is 0.391 e. The van der Waals surface area contributed by atoms with Crippen LogP contribution in [0.4, 0.5) is 22.5 Å². The molecule has 3 aliphatic rings. The minimum Gasteiger partial charge on any atom is -0.391 e. The summed E-state index contributed by atoms with van der Waals surface area (Å²) in [6.45, 7) is 6.81. The van der Waals surface area contributed by atoms with Crippen molar-refractivity contribution in [2.45, 2.75) is 12.5 Å². The van der Waals surface area contributed by atoms with Gasteiger partial charge in [0.15, 0.2) is 16.6 Å². The topological polar surface area (TPSA) is 116 Å². The minimum atomic E-state index is -0.361. The smallest absolute Gasteiger partial charge is 0.274 e. The number of carbonyl (C=O) groups is 1. The number of aromatic nitrogens is 3. The first-order valence-corrected chi connectivity index (χ1v) is 13.1. The van der Waals surface area contributed by atoms with E-state index < -0.39 is 0 Å². The van der Waals surface area contributed by atoms with Crippen LogP contribution in [0.25, 0.3) is 10.3 Å². The molecule has 3 saturated heterocycles. The van der Waals surface area contributed by atoms with Crippen molar-refractivity contribution in [2.24, 2.45) is 0 Å². The third-order valence-electron chi connectivity index (χ3n) is 6.65. The van der Waals surface area contributed by atoms with Crippen molar-refractivity contribution in [3.8, 4) is 0 Å². The number of morpholine rings is 2. The van der Waals surface area contributed by atoms with Crippen LogP contribution < -0.4 is 20.0 Å². The van der Waals surface area contributed by atoms with Crippen molar-refractivity contribution >= 4 is 50.0 Å². The fourth-order valence-electron chi connectivity index (χ4n) is 4.70. The molecular weight excluding hydrogens is 482 g/mol. The summed E-state index contributed by atoms with van der Waals surface area (Å²) in [5.74, 6) is 1.08. The number of anilines is 4. The Hall–Kier alpha value is -3.06. The number of amides is 1. The van der Waals surface area contributed by atoms with Crippen molar-refractivity contribution in [2.75, 3.05) is 85.7 Å². The quantitative estimate of drug-likeness (QED) is 0.523. The molecule has 0 aromatic carbocycles. The van der Waals surface area contributed by atoms with Gasteiger partial charge in [-0.25, -0.2) is 9.97 Å². The van der Waals surface area contributed by atoms with Gasteiger partial charge in [0, 0.05) is 39.3 Å². The summed E-state index contributed by atoms with van der Waals surface area (Å²) in [5, 5.41) is 13.9. The van der Waals surface area contributed by atoms with Gasteiger partial charge < -0.3 is 34.6 Å². The Bertz CT molecular complexity index is 1240. The van der Waals surface area contributed by atoms with Crippen LogP contribution in [0.3, 0.4) is 0 Å².